The Kier molecular flexibility index (Phi) is 5.05. The predicted octanol–water partition coefficient (Wildman–Crippen LogP) is 2.08. The van der Waals surface area contributed by atoms with Crippen LogP contribution in [0, 0.1) is 6.92 Å². The monoisotopic (exact) mass is 238 g/mol. The summed E-state index contributed by atoms with van der Waals surface area (Å²) in [5.74, 6) is 0.267. The number of methoxy groups -OCH3 is 1. The number of hydrogen-bond acceptors (Lipinski definition) is 4. The van der Waals surface area contributed by atoms with Crippen LogP contribution < -0.4 is 0 Å². The molecule has 0 unspecified atom stereocenters. The maximum Gasteiger partial charge on any atom is 0.315 e. The van der Waals surface area contributed by atoms with Crippen LogP contribution in [0.2, 0.25) is 0 Å². The van der Waals surface area contributed by atoms with Crippen molar-refractivity contribution in [3.8, 4) is 0 Å². The van der Waals surface area contributed by atoms with Gasteiger partial charge in [0.05, 0.1) is 18.6 Å². The first-order valence-electron chi connectivity index (χ1n) is 4.88. The minimum Gasteiger partial charge on any atom is -0.468 e. The van der Waals surface area contributed by atoms with E-state index in [4.69, 9.17) is 0 Å². The Labute approximate surface area is 99.2 Å². The van der Waals surface area contributed by atoms with Crippen molar-refractivity contribution in [1.29, 1.82) is 0 Å². The molecule has 0 aliphatic carbocycles. The molecule has 0 heterocycles. The Hall–Kier alpha value is -1.29. The highest BCUT2D eigenvalue weighted by Gasteiger charge is 2.09. The lowest BCUT2D eigenvalue weighted by Crippen LogP contribution is -2.09. The maximum absolute atomic E-state index is 11.8. The Morgan fingerprint density at radius 2 is 1.94 bits per heavy atom. The van der Waals surface area contributed by atoms with E-state index in [-0.39, 0.29) is 17.5 Å². The minimum atomic E-state index is -0.303. The van der Waals surface area contributed by atoms with E-state index in [1.807, 2.05) is 25.1 Å². The molecule has 0 aliphatic heterocycles. The second-order valence-electron chi connectivity index (χ2n) is 3.31. The third-order valence-corrected chi connectivity index (χ3v) is 3.03. The number of carbonyl (C=O) groups excluding carboxylic acids is 2. The number of ether oxygens (including phenoxy) is 1. The Morgan fingerprint density at radius 1 is 1.25 bits per heavy atom. The molecule has 1 aromatic rings. The topological polar surface area (TPSA) is 43.4 Å². The van der Waals surface area contributed by atoms with E-state index in [9.17, 15) is 9.59 Å². The fourth-order valence-electron chi connectivity index (χ4n) is 1.25. The molecule has 0 saturated carbocycles. The normalized spacial score (nSPS) is 9.88. The summed E-state index contributed by atoms with van der Waals surface area (Å²) >= 11 is 1.27. The van der Waals surface area contributed by atoms with Gasteiger partial charge in [-0.2, -0.15) is 0 Å². The summed E-state index contributed by atoms with van der Waals surface area (Å²) in [6.07, 6.45) is 0. The van der Waals surface area contributed by atoms with Crippen LogP contribution in [0.5, 0.6) is 0 Å². The van der Waals surface area contributed by atoms with Gasteiger partial charge in [-0.1, -0.05) is 24.3 Å². The third-order valence-electron chi connectivity index (χ3n) is 2.13. The highest BCUT2D eigenvalue weighted by molar-refractivity contribution is 8.00. The Bertz CT molecular complexity index is 388. The Morgan fingerprint density at radius 3 is 2.56 bits per heavy atom. The first-order chi connectivity index (χ1) is 7.65. The molecule has 4 heteroatoms. The summed E-state index contributed by atoms with van der Waals surface area (Å²) in [4.78, 5) is 22.6. The van der Waals surface area contributed by atoms with Crippen molar-refractivity contribution >= 4 is 23.5 Å². The number of hydrogen-bond donors (Lipinski definition) is 0. The second kappa shape index (κ2) is 6.33. The van der Waals surface area contributed by atoms with E-state index in [2.05, 4.69) is 4.74 Å². The zero-order valence-corrected chi connectivity index (χ0v) is 10.2. The molecule has 0 aromatic heterocycles. The molecule has 0 atom stereocenters. The van der Waals surface area contributed by atoms with Gasteiger partial charge >= 0.3 is 5.97 Å². The van der Waals surface area contributed by atoms with Gasteiger partial charge in [0.2, 0.25) is 0 Å². The van der Waals surface area contributed by atoms with Gasteiger partial charge in [0.1, 0.15) is 0 Å². The molecule has 0 aliphatic rings. The zero-order chi connectivity index (χ0) is 12.0. The van der Waals surface area contributed by atoms with Gasteiger partial charge in [-0.25, -0.2) is 0 Å². The number of aryl methyl sites for hydroxylation is 1. The average molecular weight is 238 g/mol. The van der Waals surface area contributed by atoms with E-state index in [0.717, 1.165) is 11.1 Å². The van der Waals surface area contributed by atoms with Crippen molar-refractivity contribution in [2.45, 2.75) is 6.92 Å². The largest absolute Gasteiger partial charge is 0.468 e. The molecule has 1 rings (SSSR count). The molecule has 0 saturated heterocycles. The van der Waals surface area contributed by atoms with Crippen molar-refractivity contribution in [3.05, 3.63) is 35.4 Å². The lowest BCUT2D eigenvalue weighted by atomic mass is 10.1. The van der Waals surface area contributed by atoms with Crippen molar-refractivity contribution < 1.29 is 14.3 Å². The summed E-state index contributed by atoms with van der Waals surface area (Å²) in [6.45, 7) is 1.90. The molecular formula is C12H14O3S. The van der Waals surface area contributed by atoms with E-state index in [0.29, 0.717) is 5.75 Å². The number of rotatable bonds is 5. The predicted molar refractivity (Wildman–Crippen MR) is 64.9 cm³/mol. The standard InChI is InChI=1S/C12H14O3S/c1-9-5-3-4-6-10(9)11(13)7-16-8-12(14)15-2/h3-6H,7-8H2,1-2H3. The molecule has 0 spiro atoms. The van der Waals surface area contributed by atoms with Crippen molar-refractivity contribution in [3.63, 3.8) is 0 Å². The lowest BCUT2D eigenvalue weighted by Gasteiger charge is -2.03. The third kappa shape index (κ3) is 3.70. The summed E-state index contributed by atoms with van der Waals surface area (Å²) < 4.78 is 4.49. The summed E-state index contributed by atoms with van der Waals surface area (Å²) in [6, 6.07) is 7.44. The first-order valence-corrected chi connectivity index (χ1v) is 6.04. The quantitative estimate of drug-likeness (QED) is 0.582. The van der Waals surface area contributed by atoms with Crippen LogP contribution in [0.25, 0.3) is 0 Å². The van der Waals surface area contributed by atoms with Crippen LogP contribution in [-0.4, -0.2) is 30.4 Å². The van der Waals surface area contributed by atoms with Crippen molar-refractivity contribution in [1.82, 2.24) is 0 Å². The molecule has 16 heavy (non-hydrogen) atoms. The number of esters is 1. The van der Waals surface area contributed by atoms with Gasteiger partial charge in [0, 0.05) is 5.56 Å². The summed E-state index contributed by atoms with van der Waals surface area (Å²) in [7, 11) is 1.34. The van der Waals surface area contributed by atoms with Crippen LogP contribution in [0.15, 0.2) is 24.3 Å². The first kappa shape index (κ1) is 12.8. The minimum absolute atomic E-state index is 0.0482. The number of Topliss-reactive ketones (excluding diaryl/α,β-unsaturated/α-hetero) is 1. The highest BCUT2D eigenvalue weighted by Crippen LogP contribution is 2.11. The van der Waals surface area contributed by atoms with E-state index in [1.165, 1.54) is 18.9 Å². The number of thioether (sulfide) groups is 1. The molecule has 0 radical (unpaired) electrons. The van der Waals surface area contributed by atoms with Crippen molar-refractivity contribution in [2.75, 3.05) is 18.6 Å². The van der Waals surface area contributed by atoms with E-state index < -0.39 is 0 Å². The molecular weight excluding hydrogens is 224 g/mol. The number of benzene rings is 1. The Balaban J connectivity index is 2.47. The number of carbonyl (C=O) groups is 2. The molecule has 1 aromatic carbocycles. The molecule has 86 valence electrons. The molecule has 0 fully saturated rings. The zero-order valence-electron chi connectivity index (χ0n) is 9.36. The van der Waals surface area contributed by atoms with Crippen LogP contribution in [0.4, 0.5) is 0 Å². The van der Waals surface area contributed by atoms with Crippen LogP contribution in [0.1, 0.15) is 15.9 Å². The average Bonchev–Trinajstić information content (AvgIpc) is 2.29. The van der Waals surface area contributed by atoms with Gasteiger partial charge in [0.25, 0.3) is 0 Å². The molecule has 0 N–H and O–H groups in total. The number of ketones is 1. The second-order valence-corrected chi connectivity index (χ2v) is 4.29. The van der Waals surface area contributed by atoms with Gasteiger partial charge in [0.15, 0.2) is 5.78 Å². The van der Waals surface area contributed by atoms with E-state index in [1.54, 1.807) is 6.07 Å². The van der Waals surface area contributed by atoms with Crippen LogP contribution in [0.3, 0.4) is 0 Å². The van der Waals surface area contributed by atoms with Crippen LogP contribution >= 0.6 is 11.8 Å². The summed E-state index contributed by atoms with van der Waals surface area (Å²) in [5.41, 5.74) is 1.69. The maximum atomic E-state index is 11.8. The van der Waals surface area contributed by atoms with E-state index >= 15 is 0 Å². The lowest BCUT2D eigenvalue weighted by molar-refractivity contribution is -0.137. The summed E-state index contributed by atoms with van der Waals surface area (Å²) in [5, 5.41) is 0. The van der Waals surface area contributed by atoms with Crippen LogP contribution in [-0.2, 0) is 9.53 Å². The van der Waals surface area contributed by atoms with Crippen molar-refractivity contribution in [2.24, 2.45) is 0 Å². The highest BCUT2D eigenvalue weighted by atomic mass is 32.2. The van der Waals surface area contributed by atoms with Gasteiger partial charge in [-0.3, -0.25) is 9.59 Å². The van der Waals surface area contributed by atoms with Gasteiger partial charge < -0.3 is 4.74 Å². The fraction of sp³-hybridized carbons (Fsp3) is 0.333. The molecule has 0 amide bonds. The SMILES string of the molecule is COC(=O)CSCC(=O)c1ccccc1C. The molecule has 0 bridgehead atoms. The van der Waals surface area contributed by atoms with Gasteiger partial charge in [-0.05, 0) is 12.5 Å². The smallest absolute Gasteiger partial charge is 0.315 e. The fourth-order valence-corrected chi connectivity index (χ4v) is 1.98. The van der Waals surface area contributed by atoms with Gasteiger partial charge in [-0.15, -0.1) is 11.8 Å². The molecule has 3 nitrogen and oxygen atoms in total.